The van der Waals surface area contributed by atoms with Crippen LogP contribution in [0.2, 0.25) is 0 Å². The summed E-state index contributed by atoms with van der Waals surface area (Å²) in [4.78, 5) is 0. The maximum Gasteiger partial charge on any atom is 0.101 e. The molecule has 2 rings (SSSR count). The molecule has 0 amide bonds. The SMILES string of the molecule is CC(C)C1(C(C)(O)[C@@H](N)CC2CCCCC2)SCCCS1. The molecule has 1 aliphatic heterocycles. The van der Waals surface area contributed by atoms with Crippen LogP contribution < -0.4 is 5.73 Å². The zero-order valence-electron chi connectivity index (χ0n) is 13.9. The Kier molecular flexibility index (Phi) is 6.38. The highest BCUT2D eigenvalue weighted by Crippen LogP contribution is 2.55. The minimum Gasteiger partial charge on any atom is -0.386 e. The predicted molar refractivity (Wildman–Crippen MR) is 96.9 cm³/mol. The molecule has 0 radical (unpaired) electrons. The lowest BCUT2D eigenvalue weighted by atomic mass is 9.78. The summed E-state index contributed by atoms with van der Waals surface area (Å²) >= 11 is 3.90. The fourth-order valence-corrected chi connectivity index (χ4v) is 7.78. The van der Waals surface area contributed by atoms with Crippen molar-refractivity contribution in [3.05, 3.63) is 0 Å². The van der Waals surface area contributed by atoms with E-state index in [2.05, 4.69) is 13.8 Å². The van der Waals surface area contributed by atoms with Gasteiger partial charge in [0.2, 0.25) is 0 Å². The molecule has 124 valence electrons. The van der Waals surface area contributed by atoms with Gasteiger partial charge in [-0.15, -0.1) is 23.5 Å². The van der Waals surface area contributed by atoms with E-state index in [0.29, 0.717) is 5.92 Å². The normalized spacial score (nSPS) is 28.3. The Balaban J connectivity index is 2.09. The minimum atomic E-state index is -0.797. The van der Waals surface area contributed by atoms with Gasteiger partial charge in [-0.25, -0.2) is 0 Å². The Morgan fingerprint density at radius 1 is 1.14 bits per heavy atom. The van der Waals surface area contributed by atoms with Gasteiger partial charge in [0.1, 0.15) is 5.60 Å². The molecule has 0 aromatic carbocycles. The second-order valence-corrected chi connectivity index (χ2v) is 10.3. The van der Waals surface area contributed by atoms with Crippen molar-refractivity contribution in [3.63, 3.8) is 0 Å². The topological polar surface area (TPSA) is 46.2 Å². The average Bonchev–Trinajstić information content (AvgIpc) is 2.48. The summed E-state index contributed by atoms with van der Waals surface area (Å²) in [6.07, 6.45) is 8.91. The van der Waals surface area contributed by atoms with E-state index in [1.165, 1.54) is 38.5 Å². The van der Waals surface area contributed by atoms with Crippen LogP contribution in [0.25, 0.3) is 0 Å². The number of nitrogens with two attached hydrogens (primary N) is 1. The summed E-state index contributed by atoms with van der Waals surface area (Å²) in [7, 11) is 0. The number of rotatable bonds is 5. The number of aliphatic hydroxyl groups is 1. The van der Waals surface area contributed by atoms with Crippen LogP contribution in [0, 0.1) is 11.8 Å². The van der Waals surface area contributed by atoms with Gasteiger partial charge in [-0.1, -0.05) is 46.0 Å². The first-order chi connectivity index (χ1) is 9.90. The molecule has 1 aliphatic carbocycles. The molecule has 2 aliphatic rings. The van der Waals surface area contributed by atoms with Gasteiger partial charge in [-0.2, -0.15) is 0 Å². The first-order valence-electron chi connectivity index (χ1n) is 8.66. The second-order valence-electron chi connectivity index (χ2n) is 7.37. The lowest BCUT2D eigenvalue weighted by molar-refractivity contribution is -0.000270. The van der Waals surface area contributed by atoms with E-state index < -0.39 is 5.60 Å². The van der Waals surface area contributed by atoms with Crippen molar-refractivity contribution in [2.24, 2.45) is 17.6 Å². The Labute approximate surface area is 139 Å². The number of hydrogen-bond acceptors (Lipinski definition) is 4. The molecule has 2 atom stereocenters. The Bertz CT molecular complexity index is 321. The van der Waals surface area contributed by atoms with E-state index in [0.717, 1.165) is 23.8 Å². The first kappa shape index (κ1) is 18.0. The standard InChI is InChI=1S/C17H33NOS2/c1-13(2)17(20-10-7-11-21-17)16(3,19)15(18)12-14-8-5-4-6-9-14/h13-15,19H,4-12,18H2,1-3H3/t15-,16?/m0/s1. The molecule has 0 aromatic rings. The van der Waals surface area contributed by atoms with Gasteiger partial charge in [0, 0.05) is 6.04 Å². The third-order valence-corrected chi connectivity index (χ3v) is 9.74. The van der Waals surface area contributed by atoms with Crippen LogP contribution in [0.4, 0.5) is 0 Å². The van der Waals surface area contributed by atoms with Gasteiger partial charge in [0.15, 0.2) is 0 Å². The van der Waals surface area contributed by atoms with Crippen molar-refractivity contribution < 1.29 is 5.11 Å². The van der Waals surface area contributed by atoms with Crippen LogP contribution in [-0.4, -0.2) is 32.3 Å². The van der Waals surface area contributed by atoms with Crippen molar-refractivity contribution in [1.82, 2.24) is 0 Å². The summed E-state index contributed by atoms with van der Waals surface area (Å²) in [6, 6.07) is -0.110. The summed E-state index contributed by atoms with van der Waals surface area (Å²) < 4.78 is -0.140. The number of thioether (sulfide) groups is 2. The van der Waals surface area contributed by atoms with Gasteiger partial charge in [0.25, 0.3) is 0 Å². The molecule has 2 fully saturated rings. The zero-order valence-corrected chi connectivity index (χ0v) is 15.6. The van der Waals surface area contributed by atoms with E-state index >= 15 is 0 Å². The molecular weight excluding hydrogens is 298 g/mol. The molecule has 2 nitrogen and oxygen atoms in total. The average molecular weight is 332 g/mol. The summed E-state index contributed by atoms with van der Waals surface area (Å²) in [5.41, 5.74) is 5.76. The first-order valence-corrected chi connectivity index (χ1v) is 10.6. The maximum absolute atomic E-state index is 11.4. The smallest absolute Gasteiger partial charge is 0.101 e. The molecule has 1 saturated heterocycles. The molecule has 0 spiro atoms. The van der Waals surface area contributed by atoms with Gasteiger partial charge < -0.3 is 10.8 Å². The predicted octanol–water partition coefficient (Wildman–Crippen LogP) is 4.26. The molecule has 0 aromatic heterocycles. The molecule has 1 unspecified atom stereocenters. The second kappa shape index (κ2) is 7.46. The van der Waals surface area contributed by atoms with Gasteiger partial charge in [-0.3, -0.25) is 0 Å². The van der Waals surface area contributed by atoms with Crippen molar-refractivity contribution in [2.45, 2.75) is 81.4 Å². The van der Waals surface area contributed by atoms with E-state index in [1.807, 2.05) is 30.4 Å². The molecule has 1 saturated carbocycles. The Hall–Kier alpha value is 0.620. The minimum absolute atomic E-state index is 0.110. The van der Waals surface area contributed by atoms with Crippen LogP contribution in [0.1, 0.15) is 65.7 Å². The van der Waals surface area contributed by atoms with Crippen LogP contribution in [0.15, 0.2) is 0 Å². The Morgan fingerprint density at radius 2 is 1.71 bits per heavy atom. The summed E-state index contributed by atoms with van der Waals surface area (Å²) in [5, 5.41) is 11.4. The van der Waals surface area contributed by atoms with Crippen molar-refractivity contribution in [3.8, 4) is 0 Å². The molecule has 3 N–H and O–H groups in total. The van der Waals surface area contributed by atoms with Gasteiger partial charge >= 0.3 is 0 Å². The van der Waals surface area contributed by atoms with Gasteiger partial charge in [0.05, 0.1) is 4.08 Å². The van der Waals surface area contributed by atoms with E-state index in [1.54, 1.807) is 0 Å². The lowest BCUT2D eigenvalue weighted by Gasteiger charge is -2.52. The summed E-state index contributed by atoms with van der Waals surface area (Å²) in [5.74, 6) is 3.46. The van der Waals surface area contributed by atoms with Crippen LogP contribution in [0.3, 0.4) is 0 Å². The quantitative estimate of drug-likeness (QED) is 0.790. The van der Waals surface area contributed by atoms with E-state index in [-0.39, 0.29) is 10.1 Å². The Morgan fingerprint density at radius 3 is 2.24 bits per heavy atom. The highest BCUT2D eigenvalue weighted by molar-refractivity contribution is 8.18. The highest BCUT2D eigenvalue weighted by Gasteiger charge is 2.54. The molecule has 0 bridgehead atoms. The third-order valence-electron chi connectivity index (χ3n) is 5.42. The monoisotopic (exact) mass is 331 g/mol. The van der Waals surface area contributed by atoms with Crippen molar-refractivity contribution >= 4 is 23.5 Å². The molecule has 1 heterocycles. The fraction of sp³-hybridized carbons (Fsp3) is 1.00. The molecule has 4 heteroatoms. The van der Waals surface area contributed by atoms with E-state index in [9.17, 15) is 5.11 Å². The van der Waals surface area contributed by atoms with E-state index in [4.69, 9.17) is 5.73 Å². The molecule has 21 heavy (non-hydrogen) atoms. The van der Waals surface area contributed by atoms with Crippen molar-refractivity contribution in [1.29, 1.82) is 0 Å². The highest BCUT2D eigenvalue weighted by atomic mass is 32.2. The fourth-order valence-electron chi connectivity index (χ4n) is 4.03. The lowest BCUT2D eigenvalue weighted by Crippen LogP contribution is -2.62. The number of hydrogen-bond donors (Lipinski definition) is 2. The molecular formula is C17H33NOS2. The van der Waals surface area contributed by atoms with Crippen LogP contribution in [-0.2, 0) is 0 Å². The van der Waals surface area contributed by atoms with Crippen molar-refractivity contribution in [2.75, 3.05) is 11.5 Å². The third kappa shape index (κ3) is 3.76. The van der Waals surface area contributed by atoms with Gasteiger partial charge in [-0.05, 0) is 43.1 Å². The van der Waals surface area contributed by atoms with Crippen LogP contribution in [0.5, 0.6) is 0 Å². The zero-order chi connectivity index (χ0) is 15.5. The van der Waals surface area contributed by atoms with Crippen LogP contribution >= 0.6 is 23.5 Å². The maximum atomic E-state index is 11.4. The largest absolute Gasteiger partial charge is 0.386 e. The summed E-state index contributed by atoms with van der Waals surface area (Å²) in [6.45, 7) is 6.49.